The summed E-state index contributed by atoms with van der Waals surface area (Å²) in [6.07, 6.45) is 8.89. The number of aromatic nitrogens is 3. The van der Waals surface area contributed by atoms with E-state index in [1.54, 1.807) is 0 Å². The van der Waals surface area contributed by atoms with Gasteiger partial charge in [-0.3, -0.25) is 0 Å². The molecule has 10 aromatic rings. The van der Waals surface area contributed by atoms with Crippen LogP contribution in [0.2, 0.25) is 0 Å². The van der Waals surface area contributed by atoms with Gasteiger partial charge >= 0.3 is 0 Å². The first-order chi connectivity index (χ1) is 29.7. The van der Waals surface area contributed by atoms with Gasteiger partial charge in [0.2, 0.25) is 0 Å². The normalized spacial score (nSPS) is 12.6. The van der Waals surface area contributed by atoms with Crippen molar-refractivity contribution in [2.24, 2.45) is 0 Å². The molecule has 0 saturated carbocycles. The van der Waals surface area contributed by atoms with Crippen LogP contribution in [0.25, 0.3) is 105 Å². The first-order valence-corrected chi connectivity index (χ1v) is 20.7. The third-order valence-corrected chi connectivity index (χ3v) is 11.7. The zero-order valence-electron chi connectivity index (χ0n) is 33.0. The maximum atomic E-state index is 5.18. The number of allylic oxidation sites excluding steroid dienone is 4. The summed E-state index contributed by atoms with van der Waals surface area (Å²) in [5.41, 5.74) is 12.1. The Morgan fingerprint density at radius 3 is 1.17 bits per heavy atom. The zero-order valence-corrected chi connectivity index (χ0v) is 33.0. The molecule has 0 aliphatic heterocycles. The van der Waals surface area contributed by atoms with E-state index < -0.39 is 0 Å². The minimum absolute atomic E-state index is 0.633. The Morgan fingerprint density at radius 1 is 0.267 bits per heavy atom. The van der Waals surface area contributed by atoms with Crippen LogP contribution >= 0.6 is 0 Å². The Labute approximate surface area is 349 Å². The van der Waals surface area contributed by atoms with Crippen molar-refractivity contribution in [1.82, 2.24) is 15.0 Å². The Hall–Kier alpha value is -7.75. The molecule has 1 heterocycles. The molecule has 282 valence electrons. The van der Waals surface area contributed by atoms with Crippen LogP contribution in [-0.4, -0.2) is 15.0 Å². The summed E-state index contributed by atoms with van der Waals surface area (Å²) >= 11 is 0. The second-order valence-electron chi connectivity index (χ2n) is 15.5. The summed E-state index contributed by atoms with van der Waals surface area (Å²) in [6.45, 7) is 0. The molecule has 3 nitrogen and oxygen atoms in total. The number of hydrogen-bond acceptors (Lipinski definition) is 3. The average molecular weight is 766 g/mol. The predicted molar refractivity (Wildman–Crippen MR) is 251 cm³/mol. The van der Waals surface area contributed by atoms with Crippen molar-refractivity contribution in [3.8, 4) is 67.5 Å². The SMILES string of the molecule is C1=CC(c2cccc(-c3nc(-c4cccc(-c5ccccc5)c4)nc(-c4cccc(-c5cccc(-c6ccc7c8ccccc8c8ccccc8c7c6)c5)c4)n3)c2)=CCC1. The Bertz CT molecular complexity index is 3290. The quantitative estimate of drug-likeness (QED) is 0.152. The third kappa shape index (κ3) is 6.66. The van der Waals surface area contributed by atoms with Crippen LogP contribution in [-0.2, 0) is 0 Å². The van der Waals surface area contributed by atoms with Crippen molar-refractivity contribution in [3.05, 3.63) is 218 Å². The first-order valence-electron chi connectivity index (χ1n) is 20.7. The highest BCUT2D eigenvalue weighted by atomic mass is 15.0. The minimum atomic E-state index is 0.633. The topological polar surface area (TPSA) is 38.7 Å². The van der Waals surface area contributed by atoms with Gasteiger partial charge in [-0.2, -0.15) is 0 Å². The van der Waals surface area contributed by atoms with Gasteiger partial charge in [0.1, 0.15) is 0 Å². The van der Waals surface area contributed by atoms with Crippen LogP contribution in [0, 0.1) is 0 Å². The second-order valence-corrected chi connectivity index (χ2v) is 15.5. The van der Waals surface area contributed by atoms with Crippen LogP contribution < -0.4 is 0 Å². The smallest absolute Gasteiger partial charge is 0.164 e. The molecular weight excluding hydrogens is 727 g/mol. The monoisotopic (exact) mass is 765 g/mol. The van der Waals surface area contributed by atoms with Gasteiger partial charge in [0, 0.05) is 16.7 Å². The highest BCUT2D eigenvalue weighted by Gasteiger charge is 2.16. The number of hydrogen-bond donors (Lipinski definition) is 0. The van der Waals surface area contributed by atoms with E-state index in [2.05, 4.69) is 206 Å². The van der Waals surface area contributed by atoms with Gasteiger partial charge < -0.3 is 0 Å². The molecule has 1 aliphatic carbocycles. The predicted octanol–water partition coefficient (Wildman–Crippen LogP) is 15.1. The lowest BCUT2D eigenvalue weighted by Crippen LogP contribution is -2.01. The van der Waals surface area contributed by atoms with Gasteiger partial charge in [-0.05, 0) is 120 Å². The molecule has 1 aliphatic rings. The zero-order chi connectivity index (χ0) is 39.8. The molecule has 0 bridgehead atoms. The van der Waals surface area contributed by atoms with Crippen molar-refractivity contribution in [1.29, 1.82) is 0 Å². The lowest BCUT2D eigenvalue weighted by Gasteiger charge is -2.13. The number of benzene rings is 9. The molecule has 0 amide bonds. The molecule has 0 radical (unpaired) electrons. The van der Waals surface area contributed by atoms with Gasteiger partial charge in [0.15, 0.2) is 17.5 Å². The van der Waals surface area contributed by atoms with Gasteiger partial charge in [0.05, 0.1) is 0 Å². The molecule has 9 aromatic carbocycles. The molecule has 0 atom stereocenters. The molecule has 0 fully saturated rings. The van der Waals surface area contributed by atoms with Crippen molar-refractivity contribution < 1.29 is 0 Å². The van der Waals surface area contributed by atoms with Crippen LogP contribution in [0.15, 0.2) is 212 Å². The van der Waals surface area contributed by atoms with E-state index >= 15 is 0 Å². The van der Waals surface area contributed by atoms with Crippen molar-refractivity contribution in [3.63, 3.8) is 0 Å². The van der Waals surface area contributed by atoms with Gasteiger partial charge in [-0.25, -0.2) is 15.0 Å². The minimum Gasteiger partial charge on any atom is -0.208 e. The van der Waals surface area contributed by atoms with Crippen molar-refractivity contribution in [2.75, 3.05) is 0 Å². The molecule has 3 heteroatoms. The summed E-state index contributed by atoms with van der Waals surface area (Å²) in [4.78, 5) is 15.5. The summed E-state index contributed by atoms with van der Waals surface area (Å²) in [5, 5.41) is 7.66. The maximum absolute atomic E-state index is 5.18. The molecule has 0 N–H and O–H groups in total. The summed E-state index contributed by atoms with van der Waals surface area (Å²) < 4.78 is 0. The molecular formula is C57H39N3. The largest absolute Gasteiger partial charge is 0.208 e. The lowest BCUT2D eigenvalue weighted by atomic mass is 9.91. The molecule has 0 spiro atoms. The lowest BCUT2D eigenvalue weighted by molar-refractivity contribution is 1.04. The van der Waals surface area contributed by atoms with Crippen LogP contribution in [0.3, 0.4) is 0 Å². The van der Waals surface area contributed by atoms with E-state index in [0.29, 0.717) is 17.5 Å². The second kappa shape index (κ2) is 15.2. The van der Waals surface area contributed by atoms with Crippen molar-refractivity contribution in [2.45, 2.75) is 12.8 Å². The van der Waals surface area contributed by atoms with E-state index in [1.165, 1.54) is 49.0 Å². The Kier molecular flexibility index (Phi) is 8.98. The van der Waals surface area contributed by atoms with Gasteiger partial charge in [-0.1, -0.05) is 182 Å². The third-order valence-electron chi connectivity index (χ3n) is 11.7. The van der Waals surface area contributed by atoms with Crippen LogP contribution in [0.4, 0.5) is 0 Å². The summed E-state index contributed by atoms with van der Waals surface area (Å²) in [6, 6.07) is 69.3. The molecule has 0 saturated heterocycles. The van der Waals surface area contributed by atoms with E-state index in [1.807, 2.05) is 6.07 Å². The van der Waals surface area contributed by atoms with Crippen LogP contribution in [0.1, 0.15) is 18.4 Å². The molecule has 1 aromatic heterocycles. The van der Waals surface area contributed by atoms with Gasteiger partial charge in [0.25, 0.3) is 0 Å². The van der Waals surface area contributed by atoms with E-state index in [-0.39, 0.29) is 0 Å². The highest BCUT2D eigenvalue weighted by molar-refractivity contribution is 6.25. The number of fused-ring (bicyclic) bond motifs is 6. The fraction of sp³-hybridized carbons (Fsp3) is 0.0351. The molecule has 11 rings (SSSR count). The van der Waals surface area contributed by atoms with E-state index in [0.717, 1.165) is 57.3 Å². The van der Waals surface area contributed by atoms with Crippen LogP contribution in [0.5, 0.6) is 0 Å². The molecule has 0 unspecified atom stereocenters. The molecule has 60 heavy (non-hydrogen) atoms. The summed E-state index contributed by atoms with van der Waals surface area (Å²) in [7, 11) is 0. The Balaban J connectivity index is 1.01. The average Bonchev–Trinajstić information content (AvgIpc) is 3.34. The maximum Gasteiger partial charge on any atom is 0.164 e. The first kappa shape index (κ1) is 35.4. The van der Waals surface area contributed by atoms with E-state index in [4.69, 9.17) is 15.0 Å². The number of rotatable bonds is 7. The Morgan fingerprint density at radius 2 is 0.650 bits per heavy atom. The number of nitrogens with zero attached hydrogens (tertiary/aromatic N) is 3. The fourth-order valence-electron chi connectivity index (χ4n) is 8.70. The summed E-state index contributed by atoms with van der Waals surface area (Å²) in [5.74, 6) is 1.92. The van der Waals surface area contributed by atoms with Gasteiger partial charge in [-0.15, -0.1) is 0 Å². The fourth-order valence-corrected chi connectivity index (χ4v) is 8.70. The van der Waals surface area contributed by atoms with E-state index in [9.17, 15) is 0 Å². The standard InChI is InChI=1S/C57H39N3/c1-3-15-38(16-4-1)40-19-12-24-46(34-40)55-58-56(47-25-13-20-41(35-47)39-17-5-2-6-18-39)60-57(59-55)48-26-14-23-44(36-48)42-21-11-22-43(33-42)45-31-32-53-51-29-8-7-27-49(51)50-28-9-10-30-52(50)54(53)37-45/h1,3-5,7-37H,2,6H2. The van der Waals surface area contributed by atoms with Crippen molar-refractivity contribution >= 4 is 37.9 Å². The highest BCUT2D eigenvalue weighted by Crippen LogP contribution is 2.38.